The first-order valence-electron chi connectivity index (χ1n) is 5.85. The van der Waals surface area contributed by atoms with Gasteiger partial charge in [-0.2, -0.15) is 0 Å². The molecule has 0 amide bonds. The fourth-order valence-electron chi connectivity index (χ4n) is 1.83. The molecular weight excluding hydrogens is 266 g/mol. The summed E-state index contributed by atoms with van der Waals surface area (Å²) >= 11 is 1.17. The Morgan fingerprint density at radius 2 is 2.32 bits per heavy atom. The van der Waals surface area contributed by atoms with Crippen LogP contribution in [0.3, 0.4) is 0 Å². The molecule has 7 heteroatoms. The summed E-state index contributed by atoms with van der Waals surface area (Å²) < 4.78 is 4.98. The number of aromatic nitrogens is 2. The van der Waals surface area contributed by atoms with E-state index >= 15 is 0 Å². The maximum Gasteiger partial charge on any atom is 0.346 e. The minimum absolute atomic E-state index is 0.315. The van der Waals surface area contributed by atoms with Crippen LogP contribution in [0.1, 0.15) is 21.7 Å². The summed E-state index contributed by atoms with van der Waals surface area (Å²) in [6, 6.07) is 0. The molecule has 0 aliphatic heterocycles. The van der Waals surface area contributed by atoms with Crippen LogP contribution < -0.4 is 5.32 Å². The van der Waals surface area contributed by atoms with Gasteiger partial charge >= 0.3 is 5.97 Å². The molecule has 2 heterocycles. The van der Waals surface area contributed by atoms with Crippen LogP contribution in [-0.4, -0.2) is 41.3 Å². The zero-order chi connectivity index (χ0) is 13.8. The van der Waals surface area contributed by atoms with Gasteiger partial charge in [-0.1, -0.05) is 0 Å². The summed E-state index contributed by atoms with van der Waals surface area (Å²) in [5, 5.41) is 13.1. The number of hydrogen-bond acceptors (Lipinski definition) is 6. The summed E-state index contributed by atoms with van der Waals surface area (Å²) in [5.41, 5.74) is 0.711. The second-order valence-electron chi connectivity index (χ2n) is 4.04. The van der Waals surface area contributed by atoms with Crippen molar-refractivity contribution in [2.45, 2.75) is 13.3 Å². The highest BCUT2D eigenvalue weighted by Gasteiger charge is 2.18. The van der Waals surface area contributed by atoms with Crippen LogP contribution in [0.2, 0.25) is 0 Å². The SMILES string of the molecule is COCCCNc1ncnc2sc(C(=O)O)c(C)c12. The zero-order valence-corrected chi connectivity index (χ0v) is 11.6. The van der Waals surface area contributed by atoms with Crippen LogP contribution in [0.5, 0.6) is 0 Å². The molecule has 2 N–H and O–H groups in total. The van der Waals surface area contributed by atoms with Crippen LogP contribution in [0, 0.1) is 6.92 Å². The molecule has 0 bridgehead atoms. The Morgan fingerprint density at radius 1 is 1.53 bits per heavy atom. The van der Waals surface area contributed by atoms with E-state index in [1.807, 2.05) is 0 Å². The number of anilines is 1. The number of thiophene rings is 1. The van der Waals surface area contributed by atoms with Crippen molar-refractivity contribution >= 4 is 33.3 Å². The first kappa shape index (κ1) is 13.7. The van der Waals surface area contributed by atoms with E-state index in [0.717, 1.165) is 18.4 Å². The zero-order valence-electron chi connectivity index (χ0n) is 10.8. The molecule has 0 fully saturated rings. The standard InChI is InChI=1S/C12H15N3O3S/c1-7-8-10(13-4-3-5-18-2)14-6-15-11(8)19-9(7)12(16)17/h6H,3-5H2,1-2H3,(H,16,17)(H,13,14,15). The number of rotatable bonds is 6. The topological polar surface area (TPSA) is 84.3 Å². The largest absolute Gasteiger partial charge is 0.477 e. The summed E-state index contributed by atoms with van der Waals surface area (Å²) in [4.78, 5) is 20.5. The van der Waals surface area contributed by atoms with Crippen molar-refractivity contribution in [2.24, 2.45) is 0 Å². The fourth-order valence-corrected chi connectivity index (χ4v) is 2.82. The van der Waals surface area contributed by atoms with E-state index in [9.17, 15) is 4.79 Å². The number of carboxylic acids is 1. The van der Waals surface area contributed by atoms with Crippen molar-refractivity contribution in [2.75, 3.05) is 25.6 Å². The highest BCUT2D eigenvalue weighted by atomic mass is 32.1. The molecular formula is C12H15N3O3S. The van der Waals surface area contributed by atoms with Crippen molar-refractivity contribution in [3.8, 4) is 0 Å². The lowest BCUT2D eigenvalue weighted by molar-refractivity contribution is 0.0701. The number of ether oxygens (including phenoxy) is 1. The van der Waals surface area contributed by atoms with Gasteiger partial charge < -0.3 is 15.2 Å². The van der Waals surface area contributed by atoms with Gasteiger partial charge in [-0.3, -0.25) is 0 Å². The van der Waals surface area contributed by atoms with Gasteiger partial charge in [0.2, 0.25) is 0 Å². The Balaban J connectivity index is 2.31. The second kappa shape index (κ2) is 5.94. The first-order valence-corrected chi connectivity index (χ1v) is 6.67. The predicted molar refractivity (Wildman–Crippen MR) is 74.1 cm³/mol. The molecule has 2 aromatic rings. The van der Waals surface area contributed by atoms with E-state index in [4.69, 9.17) is 9.84 Å². The lowest BCUT2D eigenvalue weighted by atomic mass is 10.2. The third-order valence-corrected chi connectivity index (χ3v) is 3.93. The van der Waals surface area contributed by atoms with Crippen molar-refractivity contribution in [1.82, 2.24) is 9.97 Å². The Labute approximate surface area is 114 Å². The molecule has 6 nitrogen and oxygen atoms in total. The number of carboxylic acid groups (broad SMARTS) is 1. The number of nitrogens with zero attached hydrogens (tertiary/aromatic N) is 2. The number of hydrogen-bond donors (Lipinski definition) is 2. The average Bonchev–Trinajstić information content (AvgIpc) is 2.73. The van der Waals surface area contributed by atoms with E-state index < -0.39 is 5.97 Å². The summed E-state index contributed by atoms with van der Waals surface area (Å²) in [7, 11) is 1.66. The Hall–Kier alpha value is -1.73. The Kier molecular flexibility index (Phi) is 4.28. The van der Waals surface area contributed by atoms with E-state index in [1.54, 1.807) is 14.0 Å². The van der Waals surface area contributed by atoms with Crippen LogP contribution >= 0.6 is 11.3 Å². The maximum absolute atomic E-state index is 11.1. The third-order valence-electron chi connectivity index (χ3n) is 2.74. The normalized spacial score (nSPS) is 10.8. The van der Waals surface area contributed by atoms with Crippen LogP contribution in [-0.2, 0) is 4.74 Å². The molecule has 0 unspecified atom stereocenters. The molecule has 0 aromatic carbocycles. The Morgan fingerprint density at radius 3 is 3.00 bits per heavy atom. The number of aryl methyl sites for hydroxylation is 1. The highest BCUT2D eigenvalue weighted by molar-refractivity contribution is 7.20. The fraction of sp³-hybridized carbons (Fsp3) is 0.417. The van der Waals surface area contributed by atoms with Crippen molar-refractivity contribution in [1.29, 1.82) is 0 Å². The minimum atomic E-state index is -0.925. The third kappa shape index (κ3) is 2.82. The van der Waals surface area contributed by atoms with Crippen LogP contribution in [0.4, 0.5) is 5.82 Å². The smallest absolute Gasteiger partial charge is 0.346 e. The van der Waals surface area contributed by atoms with Crippen LogP contribution in [0.25, 0.3) is 10.2 Å². The highest BCUT2D eigenvalue weighted by Crippen LogP contribution is 2.33. The summed E-state index contributed by atoms with van der Waals surface area (Å²) in [6.45, 7) is 3.17. The van der Waals surface area contributed by atoms with Gasteiger partial charge in [-0.25, -0.2) is 14.8 Å². The van der Waals surface area contributed by atoms with Gasteiger partial charge in [-0.05, 0) is 18.9 Å². The molecule has 2 aromatic heterocycles. The van der Waals surface area contributed by atoms with E-state index in [1.165, 1.54) is 17.7 Å². The molecule has 0 saturated heterocycles. The molecule has 2 rings (SSSR count). The summed E-state index contributed by atoms with van der Waals surface area (Å²) in [5.74, 6) is -0.242. The lowest BCUT2D eigenvalue weighted by Gasteiger charge is -2.06. The Bertz CT molecular complexity index is 597. The molecule has 0 radical (unpaired) electrons. The maximum atomic E-state index is 11.1. The number of aromatic carboxylic acids is 1. The van der Waals surface area contributed by atoms with Crippen LogP contribution in [0.15, 0.2) is 6.33 Å². The van der Waals surface area contributed by atoms with Gasteiger partial charge in [0.15, 0.2) is 0 Å². The number of fused-ring (bicyclic) bond motifs is 1. The van der Waals surface area contributed by atoms with Gasteiger partial charge in [0.1, 0.15) is 21.9 Å². The number of nitrogens with one attached hydrogen (secondary N) is 1. The average molecular weight is 281 g/mol. The van der Waals surface area contributed by atoms with Gasteiger partial charge in [0.25, 0.3) is 0 Å². The first-order chi connectivity index (χ1) is 9.15. The van der Waals surface area contributed by atoms with E-state index in [-0.39, 0.29) is 0 Å². The van der Waals surface area contributed by atoms with E-state index in [0.29, 0.717) is 27.7 Å². The van der Waals surface area contributed by atoms with Gasteiger partial charge in [0, 0.05) is 20.3 Å². The van der Waals surface area contributed by atoms with Crippen molar-refractivity contribution in [3.63, 3.8) is 0 Å². The molecule has 0 saturated carbocycles. The minimum Gasteiger partial charge on any atom is -0.477 e. The molecule has 0 aliphatic rings. The van der Waals surface area contributed by atoms with E-state index in [2.05, 4.69) is 15.3 Å². The van der Waals surface area contributed by atoms with Gasteiger partial charge in [0.05, 0.1) is 5.39 Å². The van der Waals surface area contributed by atoms with Gasteiger partial charge in [-0.15, -0.1) is 11.3 Å². The quantitative estimate of drug-likeness (QED) is 0.789. The lowest BCUT2D eigenvalue weighted by Crippen LogP contribution is -2.06. The molecule has 0 spiro atoms. The molecule has 0 atom stereocenters. The molecule has 19 heavy (non-hydrogen) atoms. The molecule has 102 valence electrons. The second-order valence-corrected chi connectivity index (χ2v) is 5.04. The number of carbonyl (C=O) groups is 1. The van der Waals surface area contributed by atoms with Crippen molar-refractivity contribution in [3.05, 3.63) is 16.8 Å². The number of methoxy groups -OCH3 is 1. The predicted octanol–water partition coefficient (Wildman–Crippen LogP) is 2.15. The monoisotopic (exact) mass is 281 g/mol. The summed E-state index contributed by atoms with van der Waals surface area (Å²) in [6.07, 6.45) is 2.31. The molecule has 0 aliphatic carbocycles. The van der Waals surface area contributed by atoms with Crippen molar-refractivity contribution < 1.29 is 14.6 Å².